The maximum Gasteiger partial charge on any atom is 0.347 e. The van der Waals surface area contributed by atoms with Crippen molar-refractivity contribution >= 4 is 23.1 Å². The van der Waals surface area contributed by atoms with Crippen molar-refractivity contribution in [3.8, 4) is 0 Å². The molecule has 0 fully saturated rings. The van der Waals surface area contributed by atoms with E-state index in [-0.39, 0.29) is 18.0 Å². The van der Waals surface area contributed by atoms with Crippen LogP contribution in [0.5, 0.6) is 0 Å². The Labute approximate surface area is 110 Å². The molecule has 2 N–H and O–H groups in total. The van der Waals surface area contributed by atoms with E-state index < -0.39 is 0 Å². The number of rotatable bonds is 6. The van der Waals surface area contributed by atoms with Gasteiger partial charge in [0.25, 0.3) is 0 Å². The van der Waals surface area contributed by atoms with Gasteiger partial charge in [-0.15, -0.1) is 0 Å². The zero-order chi connectivity index (χ0) is 13.5. The summed E-state index contributed by atoms with van der Waals surface area (Å²) in [6.45, 7) is 0.818. The molecule has 0 spiro atoms. The first-order valence-electron chi connectivity index (χ1n) is 5.54. The normalized spacial score (nSPS) is 10.1. The van der Waals surface area contributed by atoms with Crippen LogP contribution in [0.15, 0.2) is 23.3 Å². The average Bonchev–Trinajstić information content (AvgIpc) is 2.34. The molecule has 1 rings (SSSR count). The highest BCUT2D eigenvalue weighted by Gasteiger charge is 2.09. The summed E-state index contributed by atoms with van der Waals surface area (Å²) in [5.41, 5.74) is 5.01. The minimum Gasteiger partial charge on any atom is -0.393 e. The summed E-state index contributed by atoms with van der Waals surface area (Å²) in [4.78, 5) is 28.6. The Morgan fingerprint density at radius 2 is 2.28 bits per heavy atom. The molecule has 1 aromatic heterocycles. The predicted molar refractivity (Wildman–Crippen MR) is 72.2 cm³/mol. The molecule has 0 bridgehead atoms. The molecule has 0 aliphatic heterocycles. The molecule has 0 saturated heterocycles. The Bertz CT molecular complexity index is 486. The number of nitrogens with zero attached hydrogens (tertiary/aromatic N) is 3. The Morgan fingerprint density at radius 1 is 1.56 bits per heavy atom. The lowest BCUT2D eigenvalue weighted by Crippen LogP contribution is -2.32. The van der Waals surface area contributed by atoms with Crippen LogP contribution in [0.4, 0.5) is 0 Å². The van der Waals surface area contributed by atoms with Crippen LogP contribution in [-0.2, 0) is 11.3 Å². The number of nitrogens with two attached hydrogens (primary N) is 1. The van der Waals surface area contributed by atoms with E-state index in [0.717, 1.165) is 0 Å². The molecule has 1 aromatic rings. The second kappa shape index (κ2) is 6.85. The maximum absolute atomic E-state index is 11.7. The Kier molecular flexibility index (Phi) is 5.44. The van der Waals surface area contributed by atoms with Gasteiger partial charge in [0.1, 0.15) is 0 Å². The topological polar surface area (TPSA) is 81.2 Å². The van der Waals surface area contributed by atoms with E-state index in [2.05, 4.69) is 4.98 Å². The van der Waals surface area contributed by atoms with Gasteiger partial charge in [0, 0.05) is 45.4 Å². The molecule has 0 aliphatic rings. The number of aryl methyl sites for hydroxylation is 1. The van der Waals surface area contributed by atoms with Crippen molar-refractivity contribution in [1.82, 2.24) is 14.5 Å². The molecule has 0 saturated carbocycles. The van der Waals surface area contributed by atoms with Gasteiger partial charge in [-0.25, -0.2) is 9.78 Å². The summed E-state index contributed by atoms with van der Waals surface area (Å²) >= 11 is 4.74. The molecule has 18 heavy (non-hydrogen) atoms. The molecule has 6 nitrogen and oxygen atoms in total. The smallest absolute Gasteiger partial charge is 0.347 e. The monoisotopic (exact) mass is 268 g/mol. The van der Waals surface area contributed by atoms with Crippen LogP contribution >= 0.6 is 12.2 Å². The van der Waals surface area contributed by atoms with Crippen molar-refractivity contribution in [2.45, 2.75) is 19.4 Å². The summed E-state index contributed by atoms with van der Waals surface area (Å²) in [5, 5.41) is 0. The molecule has 7 heteroatoms. The lowest BCUT2D eigenvalue weighted by Gasteiger charge is -2.16. The fourth-order valence-corrected chi connectivity index (χ4v) is 1.46. The number of amides is 1. The highest BCUT2D eigenvalue weighted by atomic mass is 32.1. The third-order valence-corrected chi connectivity index (χ3v) is 2.67. The van der Waals surface area contributed by atoms with Crippen molar-refractivity contribution in [2.24, 2.45) is 5.73 Å². The van der Waals surface area contributed by atoms with E-state index in [0.29, 0.717) is 24.5 Å². The molecule has 1 heterocycles. The van der Waals surface area contributed by atoms with E-state index in [1.54, 1.807) is 24.2 Å². The van der Waals surface area contributed by atoms with E-state index in [1.807, 2.05) is 0 Å². The zero-order valence-corrected chi connectivity index (χ0v) is 11.0. The summed E-state index contributed by atoms with van der Waals surface area (Å²) in [6.07, 6.45) is 3.79. The van der Waals surface area contributed by atoms with E-state index in [9.17, 15) is 9.59 Å². The van der Waals surface area contributed by atoms with Crippen molar-refractivity contribution in [3.63, 3.8) is 0 Å². The lowest BCUT2D eigenvalue weighted by molar-refractivity contribution is -0.130. The lowest BCUT2D eigenvalue weighted by atomic mass is 10.3. The fraction of sp³-hybridized carbons (Fsp3) is 0.455. The van der Waals surface area contributed by atoms with Crippen molar-refractivity contribution in [1.29, 1.82) is 0 Å². The molecule has 0 radical (unpaired) electrons. The van der Waals surface area contributed by atoms with Gasteiger partial charge in [-0.1, -0.05) is 12.2 Å². The largest absolute Gasteiger partial charge is 0.393 e. The molecule has 1 amide bonds. The first kappa shape index (κ1) is 14.3. The molecule has 0 unspecified atom stereocenters. The summed E-state index contributed by atoms with van der Waals surface area (Å²) in [5.74, 6) is -0.0537. The number of carbonyl (C=O) groups excluding carboxylic acids is 1. The van der Waals surface area contributed by atoms with Gasteiger partial charge in [-0.2, -0.15) is 0 Å². The summed E-state index contributed by atoms with van der Waals surface area (Å²) in [7, 11) is 1.69. The third kappa shape index (κ3) is 4.62. The molecule has 0 aliphatic carbocycles. The molecule has 0 aromatic carbocycles. The number of aromatic nitrogens is 2. The van der Waals surface area contributed by atoms with Gasteiger partial charge in [0.05, 0.1) is 4.99 Å². The molecular formula is C11H16N4O2S. The van der Waals surface area contributed by atoms with Crippen LogP contribution in [0.1, 0.15) is 12.8 Å². The molecule has 98 valence electrons. The van der Waals surface area contributed by atoms with Crippen molar-refractivity contribution < 1.29 is 4.79 Å². The van der Waals surface area contributed by atoms with Gasteiger partial charge < -0.3 is 10.6 Å². The van der Waals surface area contributed by atoms with E-state index in [4.69, 9.17) is 18.0 Å². The van der Waals surface area contributed by atoms with Crippen molar-refractivity contribution in [2.75, 3.05) is 13.6 Å². The zero-order valence-electron chi connectivity index (χ0n) is 10.2. The minimum atomic E-state index is -0.351. The van der Waals surface area contributed by atoms with Gasteiger partial charge in [0.15, 0.2) is 0 Å². The van der Waals surface area contributed by atoms with Crippen LogP contribution in [0, 0.1) is 0 Å². The SMILES string of the molecule is CN(CCC(N)=S)C(=O)CCn1cccnc1=O. The Balaban J connectivity index is 2.44. The Hall–Kier alpha value is -1.76. The predicted octanol–water partition coefficient (Wildman–Crippen LogP) is -0.232. The minimum absolute atomic E-state index is 0.0537. The molecule has 0 atom stereocenters. The van der Waals surface area contributed by atoms with Gasteiger partial charge >= 0.3 is 5.69 Å². The standard InChI is InChI=1S/C11H16N4O2S/c1-14(7-3-9(12)18)10(16)4-8-15-6-2-5-13-11(15)17/h2,5-6H,3-4,7-8H2,1H3,(H2,12,18). The van der Waals surface area contributed by atoms with E-state index in [1.165, 1.54) is 10.8 Å². The fourth-order valence-electron chi connectivity index (χ4n) is 1.37. The number of thiocarbonyl (C=S) groups is 1. The highest BCUT2D eigenvalue weighted by Crippen LogP contribution is 1.95. The third-order valence-electron chi connectivity index (χ3n) is 2.47. The first-order chi connectivity index (χ1) is 8.50. The van der Waals surface area contributed by atoms with Crippen LogP contribution in [0.25, 0.3) is 0 Å². The number of hydrogen-bond acceptors (Lipinski definition) is 4. The highest BCUT2D eigenvalue weighted by molar-refractivity contribution is 7.80. The second-order valence-corrected chi connectivity index (χ2v) is 4.40. The quantitative estimate of drug-likeness (QED) is 0.721. The van der Waals surface area contributed by atoms with Crippen LogP contribution in [0.2, 0.25) is 0 Å². The van der Waals surface area contributed by atoms with Gasteiger partial charge in [-0.3, -0.25) is 9.36 Å². The van der Waals surface area contributed by atoms with Gasteiger partial charge in [0.2, 0.25) is 5.91 Å². The van der Waals surface area contributed by atoms with Gasteiger partial charge in [-0.05, 0) is 6.07 Å². The second-order valence-electron chi connectivity index (χ2n) is 3.88. The number of carbonyl (C=O) groups is 1. The first-order valence-corrected chi connectivity index (χ1v) is 5.95. The summed E-state index contributed by atoms with van der Waals surface area (Å²) in [6, 6.07) is 1.66. The van der Waals surface area contributed by atoms with Crippen LogP contribution in [0.3, 0.4) is 0 Å². The molecular weight excluding hydrogens is 252 g/mol. The summed E-state index contributed by atoms with van der Waals surface area (Å²) < 4.78 is 1.40. The van der Waals surface area contributed by atoms with Crippen LogP contribution in [-0.4, -0.2) is 38.9 Å². The van der Waals surface area contributed by atoms with Crippen LogP contribution < -0.4 is 11.4 Å². The average molecular weight is 268 g/mol. The Morgan fingerprint density at radius 3 is 2.89 bits per heavy atom. The van der Waals surface area contributed by atoms with Crippen molar-refractivity contribution in [3.05, 3.63) is 28.9 Å². The number of hydrogen-bond donors (Lipinski definition) is 1. The maximum atomic E-state index is 11.7. The van der Waals surface area contributed by atoms with E-state index >= 15 is 0 Å².